The second-order valence-corrected chi connectivity index (χ2v) is 10.3. The highest BCUT2D eigenvalue weighted by atomic mass is 32.2. The van der Waals surface area contributed by atoms with Gasteiger partial charge < -0.3 is 10.3 Å². The van der Waals surface area contributed by atoms with E-state index in [0.29, 0.717) is 29.3 Å². The van der Waals surface area contributed by atoms with Crippen molar-refractivity contribution in [2.45, 2.75) is 12.2 Å². The van der Waals surface area contributed by atoms with Gasteiger partial charge in [-0.25, -0.2) is 4.98 Å². The molecule has 5 aromatic rings. The molecule has 8 heteroatoms. The van der Waals surface area contributed by atoms with Gasteiger partial charge in [0.1, 0.15) is 10.7 Å². The van der Waals surface area contributed by atoms with Crippen LogP contribution in [0.4, 0.5) is 0 Å². The summed E-state index contributed by atoms with van der Waals surface area (Å²) in [5, 5.41) is 9.02. The van der Waals surface area contributed by atoms with E-state index in [-0.39, 0.29) is 11.5 Å². The highest BCUT2D eigenvalue weighted by molar-refractivity contribution is 7.99. The summed E-state index contributed by atoms with van der Waals surface area (Å²) in [6.45, 7) is 0.610. The van der Waals surface area contributed by atoms with E-state index in [4.69, 9.17) is 0 Å². The molecule has 0 saturated heterocycles. The molecule has 1 amide bonds. The topological polar surface area (TPSA) is 74.8 Å². The van der Waals surface area contributed by atoms with Gasteiger partial charge in [0.25, 0.3) is 5.56 Å². The average molecular weight is 492 g/mol. The van der Waals surface area contributed by atoms with Crippen LogP contribution < -0.4 is 10.9 Å². The molecule has 3 heterocycles. The third-order valence-electron chi connectivity index (χ3n) is 5.33. The lowest BCUT2D eigenvalue weighted by atomic mass is 10.1. The fourth-order valence-electron chi connectivity index (χ4n) is 3.75. The smallest absolute Gasteiger partial charge is 0.260 e. The maximum absolute atomic E-state index is 12.7. The highest BCUT2D eigenvalue weighted by Crippen LogP contribution is 2.30. The number of benzene rings is 2. The van der Waals surface area contributed by atoms with E-state index in [1.165, 1.54) is 38.7 Å². The molecule has 0 fully saturated rings. The molecule has 0 saturated carbocycles. The van der Waals surface area contributed by atoms with Crippen LogP contribution >= 0.6 is 34.4 Å². The lowest BCUT2D eigenvalue weighted by molar-refractivity contribution is -0.118. The quantitative estimate of drug-likeness (QED) is 0.302. The third-order valence-corrected chi connectivity index (χ3v) is 8.16. The molecule has 5 nitrogen and oxygen atoms in total. The molecular weight excluding hydrogens is 470 g/mol. The number of aromatic nitrogens is 2. The van der Waals surface area contributed by atoms with Crippen LogP contribution in [0, 0.1) is 0 Å². The number of hydrogen-bond donors (Lipinski definition) is 2. The number of carbonyl (C=O) groups is 1. The summed E-state index contributed by atoms with van der Waals surface area (Å²) in [5.74, 6) is 1.39. The molecule has 0 bridgehead atoms. The molecule has 33 heavy (non-hydrogen) atoms. The Hall–Kier alpha value is -2.94. The van der Waals surface area contributed by atoms with Gasteiger partial charge in [0.15, 0.2) is 0 Å². The summed E-state index contributed by atoms with van der Waals surface area (Å²) in [7, 11) is 0. The Morgan fingerprint density at radius 2 is 1.85 bits per heavy atom. The summed E-state index contributed by atoms with van der Waals surface area (Å²) in [6, 6.07) is 18.2. The number of amides is 1. The number of thioether (sulfide) groups is 1. The van der Waals surface area contributed by atoms with Crippen LogP contribution in [0.1, 0.15) is 11.4 Å². The Labute approximate surface area is 202 Å². The molecule has 0 aliphatic heterocycles. The first kappa shape index (κ1) is 21.9. The SMILES string of the molecule is O=C(CSCc1nc2scc(-c3ccccc3)c2c(=O)[nH]1)NCCc1csc2ccccc12. The van der Waals surface area contributed by atoms with Crippen molar-refractivity contribution in [3.63, 3.8) is 0 Å². The summed E-state index contributed by atoms with van der Waals surface area (Å²) in [5.41, 5.74) is 3.04. The molecule has 0 spiro atoms. The minimum Gasteiger partial charge on any atom is -0.355 e. The zero-order valence-electron chi connectivity index (χ0n) is 17.7. The number of rotatable bonds is 8. The van der Waals surface area contributed by atoms with Crippen molar-refractivity contribution in [3.8, 4) is 11.1 Å². The number of fused-ring (bicyclic) bond motifs is 2. The molecule has 166 valence electrons. The van der Waals surface area contributed by atoms with Gasteiger partial charge >= 0.3 is 0 Å². The minimum atomic E-state index is -0.136. The first-order valence-corrected chi connectivity index (χ1v) is 13.5. The maximum Gasteiger partial charge on any atom is 0.260 e. The average Bonchev–Trinajstić information content (AvgIpc) is 3.45. The van der Waals surface area contributed by atoms with Crippen molar-refractivity contribution >= 4 is 60.6 Å². The van der Waals surface area contributed by atoms with Gasteiger partial charge in [0.05, 0.1) is 16.9 Å². The summed E-state index contributed by atoms with van der Waals surface area (Å²) in [6.07, 6.45) is 0.814. The van der Waals surface area contributed by atoms with E-state index in [9.17, 15) is 9.59 Å². The van der Waals surface area contributed by atoms with E-state index < -0.39 is 0 Å². The van der Waals surface area contributed by atoms with Gasteiger partial charge in [0.2, 0.25) is 5.91 Å². The van der Waals surface area contributed by atoms with Crippen LogP contribution in [0.5, 0.6) is 0 Å². The van der Waals surface area contributed by atoms with Gasteiger partial charge in [-0.2, -0.15) is 0 Å². The van der Waals surface area contributed by atoms with Crippen molar-refractivity contribution in [2.75, 3.05) is 12.3 Å². The molecule has 5 rings (SSSR count). The van der Waals surface area contributed by atoms with Crippen LogP contribution in [-0.2, 0) is 17.0 Å². The Morgan fingerprint density at radius 3 is 2.73 bits per heavy atom. The Morgan fingerprint density at radius 1 is 1.03 bits per heavy atom. The van der Waals surface area contributed by atoms with Crippen molar-refractivity contribution in [1.29, 1.82) is 0 Å². The number of carbonyl (C=O) groups excluding carboxylic acids is 1. The second kappa shape index (κ2) is 9.91. The molecule has 2 N–H and O–H groups in total. The Kier molecular flexibility index (Phi) is 6.57. The first-order valence-electron chi connectivity index (χ1n) is 10.5. The summed E-state index contributed by atoms with van der Waals surface area (Å²) < 4.78 is 1.27. The van der Waals surface area contributed by atoms with Crippen molar-refractivity contribution < 1.29 is 4.79 Å². The van der Waals surface area contributed by atoms with Gasteiger partial charge in [-0.1, -0.05) is 48.5 Å². The molecule has 3 aromatic heterocycles. The van der Waals surface area contributed by atoms with Crippen LogP contribution in [0.2, 0.25) is 0 Å². The largest absolute Gasteiger partial charge is 0.355 e. The van der Waals surface area contributed by atoms with E-state index in [0.717, 1.165) is 22.4 Å². The van der Waals surface area contributed by atoms with Crippen LogP contribution in [0.25, 0.3) is 31.4 Å². The molecule has 0 unspecified atom stereocenters. The van der Waals surface area contributed by atoms with Gasteiger partial charge in [0, 0.05) is 22.2 Å². The fraction of sp³-hybridized carbons (Fsp3) is 0.160. The molecule has 0 radical (unpaired) electrons. The third kappa shape index (κ3) is 4.88. The first-order chi connectivity index (χ1) is 16.2. The molecule has 0 aliphatic carbocycles. The predicted molar refractivity (Wildman–Crippen MR) is 140 cm³/mol. The van der Waals surface area contributed by atoms with Crippen molar-refractivity contribution in [3.05, 3.63) is 87.1 Å². The van der Waals surface area contributed by atoms with Crippen molar-refractivity contribution in [2.24, 2.45) is 0 Å². The number of aromatic amines is 1. The van der Waals surface area contributed by atoms with E-state index >= 15 is 0 Å². The van der Waals surface area contributed by atoms with Crippen LogP contribution in [0.3, 0.4) is 0 Å². The van der Waals surface area contributed by atoms with Gasteiger partial charge in [-0.05, 0) is 34.4 Å². The van der Waals surface area contributed by atoms with Crippen molar-refractivity contribution in [1.82, 2.24) is 15.3 Å². The number of H-pyrrole nitrogens is 1. The van der Waals surface area contributed by atoms with Crippen LogP contribution in [0.15, 0.2) is 70.2 Å². The maximum atomic E-state index is 12.7. The van der Waals surface area contributed by atoms with Crippen LogP contribution in [-0.4, -0.2) is 28.2 Å². The molecule has 0 aliphatic rings. The summed E-state index contributed by atoms with van der Waals surface area (Å²) in [4.78, 5) is 33.2. The second-order valence-electron chi connectivity index (χ2n) is 7.56. The Bertz CT molecular complexity index is 1470. The summed E-state index contributed by atoms with van der Waals surface area (Å²) >= 11 is 4.65. The number of thiophene rings is 2. The predicted octanol–water partition coefficient (Wildman–Crippen LogP) is 5.46. The number of nitrogens with zero attached hydrogens (tertiary/aromatic N) is 1. The number of hydrogen-bond acceptors (Lipinski definition) is 6. The highest BCUT2D eigenvalue weighted by Gasteiger charge is 2.13. The number of nitrogens with one attached hydrogen (secondary N) is 2. The lowest BCUT2D eigenvalue weighted by Crippen LogP contribution is -2.27. The monoisotopic (exact) mass is 491 g/mol. The Balaban J connectivity index is 1.15. The van der Waals surface area contributed by atoms with E-state index in [2.05, 4.69) is 32.8 Å². The standard InChI is InChI=1S/C25H21N3O2S3/c29-22(26-11-10-17-12-32-20-9-5-4-8-18(17)20)15-31-14-21-27-24(30)23-19(13-33-25(23)28-21)16-6-2-1-3-7-16/h1-9,12-13H,10-11,14-15H2,(H,26,29)(H,27,28,30). The van der Waals surface area contributed by atoms with E-state index in [1.807, 2.05) is 47.8 Å². The van der Waals surface area contributed by atoms with Gasteiger partial charge in [-0.15, -0.1) is 34.4 Å². The molecular formula is C25H21N3O2S3. The lowest BCUT2D eigenvalue weighted by Gasteiger charge is -2.05. The normalized spacial score (nSPS) is 11.3. The zero-order chi connectivity index (χ0) is 22.6. The molecule has 2 aromatic carbocycles. The zero-order valence-corrected chi connectivity index (χ0v) is 20.1. The molecule has 0 atom stereocenters. The van der Waals surface area contributed by atoms with Gasteiger partial charge in [-0.3, -0.25) is 9.59 Å². The minimum absolute atomic E-state index is 0.00884. The van der Waals surface area contributed by atoms with E-state index in [1.54, 1.807) is 11.3 Å². The fourth-order valence-corrected chi connectivity index (χ4v) is 6.43.